The van der Waals surface area contributed by atoms with E-state index in [0.29, 0.717) is 45.1 Å². The lowest BCUT2D eigenvalue weighted by Gasteiger charge is -2.30. The van der Waals surface area contributed by atoms with E-state index < -0.39 is 0 Å². The number of hydrogen-bond acceptors (Lipinski definition) is 6. The Morgan fingerprint density at radius 1 is 1.24 bits per heavy atom. The van der Waals surface area contributed by atoms with Crippen LogP contribution in [0.25, 0.3) is 0 Å². The Balaban J connectivity index is 1.82. The molecule has 1 aromatic carbocycles. The van der Waals surface area contributed by atoms with E-state index in [4.69, 9.17) is 14.2 Å². The topological polar surface area (TPSA) is 71.5 Å². The summed E-state index contributed by atoms with van der Waals surface area (Å²) >= 11 is 0. The van der Waals surface area contributed by atoms with Crippen LogP contribution in [-0.4, -0.2) is 82.2 Å². The fraction of sp³-hybridized carbons (Fsp3) is 0.611. The number of methoxy groups -OCH3 is 1. The molecule has 0 radical (unpaired) electrons. The summed E-state index contributed by atoms with van der Waals surface area (Å²) < 4.78 is 16.4. The van der Waals surface area contributed by atoms with E-state index >= 15 is 0 Å². The molecule has 0 aromatic heterocycles. The van der Waals surface area contributed by atoms with Gasteiger partial charge in [0.15, 0.2) is 0 Å². The molecule has 25 heavy (non-hydrogen) atoms. The first-order valence-electron chi connectivity index (χ1n) is 8.71. The zero-order valence-electron chi connectivity index (χ0n) is 14.6. The van der Waals surface area contributed by atoms with Crippen LogP contribution in [-0.2, 0) is 9.47 Å². The molecule has 1 aromatic rings. The molecule has 0 unspecified atom stereocenters. The number of rotatable bonds is 4. The number of benzene rings is 1. The van der Waals surface area contributed by atoms with Crippen molar-refractivity contribution >= 4 is 11.6 Å². The molecule has 2 aliphatic heterocycles. The van der Waals surface area contributed by atoms with Crippen LogP contribution in [0.5, 0.6) is 5.75 Å². The minimum atomic E-state index is -0.0406. The highest BCUT2D eigenvalue weighted by molar-refractivity contribution is 5.95. The second-order valence-corrected chi connectivity index (χ2v) is 6.36. The highest BCUT2D eigenvalue weighted by Gasteiger charge is 2.24. The summed E-state index contributed by atoms with van der Waals surface area (Å²) in [5.74, 6) is 0.676. The number of aliphatic hydroxyl groups excluding tert-OH is 1. The second-order valence-electron chi connectivity index (χ2n) is 6.36. The number of amides is 1. The Hall–Kier alpha value is -1.83. The summed E-state index contributed by atoms with van der Waals surface area (Å²) in [6, 6.07) is 5.53. The summed E-state index contributed by atoms with van der Waals surface area (Å²) in [5.41, 5.74) is 1.54. The fourth-order valence-electron chi connectivity index (χ4n) is 3.23. The lowest BCUT2D eigenvalue weighted by Crippen LogP contribution is -2.38. The van der Waals surface area contributed by atoms with Gasteiger partial charge in [0.2, 0.25) is 0 Å². The highest BCUT2D eigenvalue weighted by atomic mass is 16.5. The van der Waals surface area contributed by atoms with Crippen molar-refractivity contribution in [1.29, 1.82) is 0 Å². The molecule has 0 bridgehead atoms. The average molecular weight is 350 g/mol. The van der Waals surface area contributed by atoms with E-state index in [1.165, 1.54) is 0 Å². The van der Waals surface area contributed by atoms with Crippen molar-refractivity contribution in [2.24, 2.45) is 5.92 Å². The van der Waals surface area contributed by atoms with E-state index in [9.17, 15) is 9.90 Å². The normalized spacial score (nSPS) is 21.8. The molecule has 1 amide bonds. The first-order chi connectivity index (χ1) is 12.2. The number of carbonyl (C=O) groups is 1. The van der Waals surface area contributed by atoms with Gasteiger partial charge in [-0.3, -0.25) is 4.79 Å². The molecule has 3 rings (SSSR count). The number of aliphatic hydroxyl groups is 1. The smallest absolute Gasteiger partial charge is 0.254 e. The molecule has 0 spiro atoms. The largest absolute Gasteiger partial charge is 0.495 e. The van der Waals surface area contributed by atoms with Crippen molar-refractivity contribution in [3.63, 3.8) is 0 Å². The van der Waals surface area contributed by atoms with Gasteiger partial charge in [-0.25, -0.2) is 0 Å². The maximum atomic E-state index is 13.0. The molecular weight excluding hydrogens is 324 g/mol. The third kappa shape index (κ3) is 4.23. The Bertz CT molecular complexity index is 589. The predicted octanol–water partition coefficient (Wildman–Crippen LogP) is 0.613. The van der Waals surface area contributed by atoms with Crippen LogP contribution in [0.4, 0.5) is 5.69 Å². The van der Waals surface area contributed by atoms with Crippen molar-refractivity contribution < 1.29 is 24.1 Å². The summed E-state index contributed by atoms with van der Waals surface area (Å²) in [4.78, 5) is 16.9. The van der Waals surface area contributed by atoms with Gasteiger partial charge in [-0.15, -0.1) is 0 Å². The van der Waals surface area contributed by atoms with Gasteiger partial charge in [0, 0.05) is 44.3 Å². The number of nitrogens with zero attached hydrogens (tertiary/aromatic N) is 2. The van der Waals surface area contributed by atoms with Gasteiger partial charge in [0.05, 0.1) is 39.2 Å². The fourth-order valence-corrected chi connectivity index (χ4v) is 3.23. The molecule has 2 saturated heterocycles. The van der Waals surface area contributed by atoms with Crippen molar-refractivity contribution in [3.8, 4) is 5.75 Å². The number of carbonyl (C=O) groups excluding carboxylic acids is 1. The van der Waals surface area contributed by atoms with E-state index in [1.807, 2.05) is 12.1 Å². The first kappa shape index (κ1) is 18.0. The van der Waals surface area contributed by atoms with Gasteiger partial charge >= 0.3 is 0 Å². The number of ether oxygens (including phenoxy) is 3. The molecule has 7 heteroatoms. The van der Waals surface area contributed by atoms with Gasteiger partial charge in [0.25, 0.3) is 5.91 Å². The van der Waals surface area contributed by atoms with Gasteiger partial charge < -0.3 is 29.1 Å². The Kier molecular flexibility index (Phi) is 6.12. The summed E-state index contributed by atoms with van der Waals surface area (Å²) in [6.07, 6.45) is 0. The Labute approximate surface area is 148 Å². The zero-order valence-corrected chi connectivity index (χ0v) is 14.6. The van der Waals surface area contributed by atoms with Gasteiger partial charge in [-0.05, 0) is 18.2 Å². The van der Waals surface area contributed by atoms with Crippen LogP contribution in [0.3, 0.4) is 0 Å². The second kappa shape index (κ2) is 8.51. The van der Waals surface area contributed by atoms with Gasteiger partial charge in [-0.2, -0.15) is 0 Å². The summed E-state index contributed by atoms with van der Waals surface area (Å²) in [6.45, 7) is 4.94. The molecule has 2 aliphatic rings. The SMILES string of the molecule is COc1ccc(C(=O)N2CCOC[C@H](CO)C2)cc1N1CCOCC1. The molecular formula is C18H26N2O5. The molecule has 1 atom stereocenters. The lowest BCUT2D eigenvalue weighted by molar-refractivity contribution is 0.0728. The van der Waals surface area contributed by atoms with Gasteiger partial charge in [0.1, 0.15) is 5.75 Å². The first-order valence-corrected chi connectivity index (χ1v) is 8.71. The molecule has 2 heterocycles. The van der Waals surface area contributed by atoms with Crippen LogP contribution >= 0.6 is 0 Å². The lowest BCUT2D eigenvalue weighted by atomic mass is 10.1. The molecule has 138 valence electrons. The van der Waals surface area contributed by atoms with Gasteiger partial charge in [-0.1, -0.05) is 0 Å². The predicted molar refractivity (Wildman–Crippen MR) is 93.3 cm³/mol. The minimum Gasteiger partial charge on any atom is -0.495 e. The Morgan fingerprint density at radius 2 is 2.00 bits per heavy atom. The van der Waals surface area contributed by atoms with E-state index in [0.717, 1.165) is 24.5 Å². The number of morpholine rings is 1. The van der Waals surface area contributed by atoms with Crippen molar-refractivity contribution in [1.82, 2.24) is 4.90 Å². The summed E-state index contributed by atoms with van der Waals surface area (Å²) in [5, 5.41) is 9.42. The summed E-state index contributed by atoms with van der Waals surface area (Å²) in [7, 11) is 1.64. The Morgan fingerprint density at radius 3 is 2.72 bits per heavy atom. The van der Waals surface area contributed by atoms with Crippen LogP contribution < -0.4 is 9.64 Å². The zero-order chi connectivity index (χ0) is 17.6. The van der Waals surface area contributed by atoms with Crippen LogP contribution in [0.15, 0.2) is 18.2 Å². The van der Waals surface area contributed by atoms with Crippen LogP contribution in [0.2, 0.25) is 0 Å². The maximum Gasteiger partial charge on any atom is 0.254 e. The minimum absolute atomic E-state index is 0.0193. The monoisotopic (exact) mass is 350 g/mol. The van der Waals surface area contributed by atoms with Crippen molar-refractivity contribution in [3.05, 3.63) is 23.8 Å². The third-order valence-corrected chi connectivity index (χ3v) is 4.66. The molecule has 1 N–H and O–H groups in total. The maximum absolute atomic E-state index is 13.0. The quantitative estimate of drug-likeness (QED) is 0.858. The van der Waals surface area contributed by atoms with E-state index in [-0.39, 0.29) is 18.4 Å². The number of anilines is 1. The standard InChI is InChI=1S/C18H26N2O5/c1-23-17-3-2-15(10-16(17)19-4-7-24-8-5-19)18(22)20-6-9-25-13-14(11-20)12-21/h2-3,10,14,21H,4-9,11-13H2,1H3/t14-/m0/s1. The van der Waals surface area contributed by atoms with E-state index in [2.05, 4.69) is 4.90 Å². The van der Waals surface area contributed by atoms with Crippen molar-refractivity contribution in [2.75, 3.05) is 71.2 Å². The highest BCUT2D eigenvalue weighted by Crippen LogP contribution is 2.30. The van der Waals surface area contributed by atoms with E-state index in [1.54, 1.807) is 18.1 Å². The third-order valence-electron chi connectivity index (χ3n) is 4.66. The van der Waals surface area contributed by atoms with Crippen LogP contribution in [0, 0.1) is 5.92 Å². The molecule has 2 fully saturated rings. The molecule has 0 saturated carbocycles. The molecule has 0 aliphatic carbocycles. The average Bonchev–Trinajstić information content (AvgIpc) is 2.93. The van der Waals surface area contributed by atoms with Crippen LogP contribution in [0.1, 0.15) is 10.4 Å². The number of hydrogen-bond donors (Lipinski definition) is 1. The molecule has 7 nitrogen and oxygen atoms in total. The van der Waals surface area contributed by atoms with Crippen molar-refractivity contribution in [2.45, 2.75) is 0 Å².